The number of carbonyl (C=O) groups is 1. The number of hydrogen-bond donors (Lipinski definition) is 2. The van der Waals surface area contributed by atoms with Gasteiger partial charge in [-0.1, -0.05) is 18.2 Å². The highest BCUT2D eigenvalue weighted by atomic mass is 16.5. The fraction of sp³-hybridized carbons (Fsp3) is 0.444. The van der Waals surface area contributed by atoms with Gasteiger partial charge >= 0.3 is 0 Å². The predicted molar refractivity (Wildman–Crippen MR) is 86.8 cm³/mol. The third-order valence-electron chi connectivity index (χ3n) is 3.78. The number of carbonyl (C=O) groups excluding carboxylic acids is 1. The third kappa shape index (κ3) is 5.76. The van der Waals surface area contributed by atoms with Crippen LogP contribution in [0.1, 0.15) is 31.2 Å². The Bertz CT molecular complexity index is 592. The number of rotatable bonds is 8. The Hall–Kier alpha value is -2.32. The van der Waals surface area contributed by atoms with Crippen LogP contribution in [0.4, 0.5) is 0 Å². The second-order valence-corrected chi connectivity index (χ2v) is 5.68. The van der Waals surface area contributed by atoms with Crippen LogP contribution in [-0.2, 0) is 4.79 Å². The molecule has 0 radical (unpaired) electrons. The van der Waals surface area contributed by atoms with Gasteiger partial charge in [-0.15, -0.1) is 0 Å². The number of nitrogens with zero attached hydrogens (tertiary/aromatic N) is 1. The minimum Gasteiger partial charge on any atom is -0.494 e. The molecule has 0 bridgehead atoms. The maximum absolute atomic E-state index is 11.8. The van der Waals surface area contributed by atoms with E-state index in [2.05, 4.69) is 11.4 Å². The Morgan fingerprint density at radius 2 is 2.26 bits per heavy atom. The van der Waals surface area contributed by atoms with Crippen molar-refractivity contribution < 1.29 is 14.6 Å². The highest BCUT2D eigenvalue weighted by Gasteiger charge is 2.19. The van der Waals surface area contributed by atoms with E-state index >= 15 is 0 Å². The summed E-state index contributed by atoms with van der Waals surface area (Å²) >= 11 is 0. The Morgan fingerprint density at radius 1 is 1.39 bits per heavy atom. The van der Waals surface area contributed by atoms with Gasteiger partial charge in [0.1, 0.15) is 5.75 Å². The molecular weight excluding hydrogens is 292 g/mol. The van der Waals surface area contributed by atoms with Gasteiger partial charge in [0, 0.05) is 25.0 Å². The van der Waals surface area contributed by atoms with Crippen molar-refractivity contribution >= 4 is 5.91 Å². The fourth-order valence-corrected chi connectivity index (χ4v) is 2.53. The molecule has 0 spiro atoms. The molecule has 0 fully saturated rings. The quantitative estimate of drug-likeness (QED) is 0.569. The average Bonchev–Trinajstić information content (AvgIpc) is 3.02. The highest BCUT2D eigenvalue weighted by molar-refractivity contribution is 5.76. The van der Waals surface area contributed by atoms with Crippen LogP contribution in [0.25, 0.3) is 0 Å². The maximum atomic E-state index is 11.8. The minimum atomic E-state index is 0.0321. The molecule has 0 heterocycles. The summed E-state index contributed by atoms with van der Waals surface area (Å²) in [6.45, 7) is 0.658. The van der Waals surface area contributed by atoms with E-state index < -0.39 is 0 Å². The molecule has 23 heavy (non-hydrogen) atoms. The van der Waals surface area contributed by atoms with Crippen LogP contribution in [0, 0.1) is 17.2 Å². The zero-order chi connectivity index (χ0) is 16.5. The molecule has 122 valence electrons. The zero-order valence-corrected chi connectivity index (χ0v) is 13.1. The molecule has 0 saturated carbocycles. The van der Waals surface area contributed by atoms with Crippen molar-refractivity contribution in [2.24, 2.45) is 5.92 Å². The Balaban J connectivity index is 1.57. The van der Waals surface area contributed by atoms with Crippen molar-refractivity contribution in [1.82, 2.24) is 5.32 Å². The van der Waals surface area contributed by atoms with E-state index in [9.17, 15) is 4.79 Å². The lowest BCUT2D eigenvalue weighted by Crippen LogP contribution is -2.32. The zero-order valence-electron chi connectivity index (χ0n) is 13.1. The van der Waals surface area contributed by atoms with Gasteiger partial charge in [-0.2, -0.15) is 5.26 Å². The number of unbranched alkanes of at least 4 members (excludes halogenated alkanes) is 1. The number of hydrogen-bond acceptors (Lipinski definition) is 4. The monoisotopic (exact) mass is 314 g/mol. The molecule has 0 saturated heterocycles. The summed E-state index contributed by atoms with van der Waals surface area (Å²) in [4.78, 5) is 11.8. The van der Waals surface area contributed by atoms with Crippen molar-refractivity contribution in [3.8, 4) is 11.8 Å². The summed E-state index contributed by atoms with van der Waals surface area (Å²) < 4.78 is 5.57. The summed E-state index contributed by atoms with van der Waals surface area (Å²) in [5.41, 5.74) is 0.577. The number of ether oxygens (including phenoxy) is 1. The first kappa shape index (κ1) is 17.0. The summed E-state index contributed by atoms with van der Waals surface area (Å²) in [6, 6.07) is 9.16. The second-order valence-electron chi connectivity index (χ2n) is 5.68. The molecule has 0 aromatic heterocycles. The number of amides is 1. The molecule has 2 atom stereocenters. The first-order valence-corrected chi connectivity index (χ1v) is 7.93. The standard InChI is InChI=1S/C18H22N2O3/c19-12-14-4-3-5-17(11-14)23-9-2-1-6-18(22)20-16-8-7-15(10-16)13-21/h3-5,7-8,11,15-16,21H,1-2,6,9-10,13H2,(H,20,22)/t15-,16+/m0/s1. The molecule has 0 unspecified atom stereocenters. The van der Waals surface area contributed by atoms with E-state index in [1.165, 1.54) is 0 Å². The molecule has 1 aliphatic carbocycles. The van der Waals surface area contributed by atoms with Crippen LogP contribution in [0.3, 0.4) is 0 Å². The first-order valence-electron chi connectivity index (χ1n) is 7.93. The van der Waals surface area contributed by atoms with Gasteiger partial charge in [-0.25, -0.2) is 0 Å². The van der Waals surface area contributed by atoms with Crippen LogP contribution in [0.5, 0.6) is 5.75 Å². The van der Waals surface area contributed by atoms with Gasteiger partial charge in [-0.05, 0) is 37.5 Å². The topological polar surface area (TPSA) is 82.3 Å². The van der Waals surface area contributed by atoms with E-state index in [-0.39, 0.29) is 24.5 Å². The first-order chi connectivity index (χ1) is 11.2. The van der Waals surface area contributed by atoms with E-state index in [0.717, 1.165) is 19.3 Å². The van der Waals surface area contributed by atoms with Crippen LogP contribution in [-0.4, -0.2) is 30.3 Å². The van der Waals surface area contributed by atoms with Gasteiger partial charge in [0.05, 0.1) is 18.2 Å². The molecule has 5 nitrogen and oxygen atoms in total. The molecule has 0 aliphatic heterocycles. The van der Waals surface area contributed by atoms with Crippen molar-refractivity contribution in [2.75, 3.05) is 13.2 Å². The molecule has 1 aromatic carbocycles. The molecule has 1 aromatic rings. The largest absolute Gasteiger partial charge is 0.494 e. The Kier molecular flexibility index (Phi) is 6.64. The van der Waals surface area contributed by atoms with Gasteiger partial charge in [0.15, 0.2) is 0 Å². The smallest absolute Gasteiger partial charge is 0.220 e. The van der Waals surface area contributed by atoms with Crippen molar-refractivity contribution in [3.63, 3.8) is 0 Å². The van der Waals surface area contributed by atoms with Gasteiger partial charge in [0.25, 0.3) is 0 Å². The highest BCUT2D eigenvalue weighted by Crippen LogP contribution is 2.17. The maximum Gasteiger partial charge on any atom is 0.220 e. The lowest BCUT2D eigenvalue weighted by Gasteiger charge is -2.12. The SMILES string of the molecule is N#Cc1cccc(OCCCCC(=O)N[C@@H]2C=C[C@H](CO)C2)c1. The van der Waals surface area contributed by atoms with E-state index in [0.29, 0.717) is 24.3 Å². The molecule has 5 heteroatoms. The van der Waals surface area contributed by atoms with E-state index in [1.54, 1.807) is 18.2 Å². The molecule has 1 aliphatic rings. The molecule has 2 rings (SSSR count). The Labute approximate surface area is 136 Å². The van der Waals surface area contributed by atoms with Crippen molar-refractivity contribution in [2.45, 2.75) is 31.7 Å². The van der Waals surface area contributed by atoms with Crippen LogP contribution in [0.2, 0.25) is 0 Å². The second kappa shape index (κ2) is 8.96. The molecule has 2 N–H and O–H groups in total. The molecular formula is C18H22N2O3. The van der Waals surface area contributed by atoms with Crippen molar-refractivity contribution in [3.05, 3.63) is 42.0 Å². The summed E-state index contributed by atoms with van der Waals surface area (Å²) in [6.07, 6.45) is 6.68. The fourth-order valence-electron chi connectivity index (χ4n) is 2.53. The number of aliphatic hydroxyl groups excluding tert-OH is 1. The van der Waals surface area contributed by atoms with Crippen LogP contribution >= 0.6 is 0 Å². The predicted octanol–water partition coefficient (Wildman–Crippen LogP) is 2.16. The number of nitriles is 1. The van der Waals surface area contributed by atoms with Gasteiger partial charge in [0.2, 0.25) is 5.91 Å². The average molecular weight is 314 g/mol. The van der Waals surface area contributed by atoms with Gasteiger partial charge in [-0.3, -0.25) is 4.79 Å². The summed E-state index contributed by atoms with van der Waals surface area (Å²) in [7, 11) is 0. The van der Waals surface area contributed by atoms with E-state index in [4.69, 9.17) is 15.1 Å². The Morgan fingerprint density at radius 3 is 3.00 bits per heavy atom. The number of benzene rings is 1. The van der Waals surface area contributed by atoms with Crippen molar-refractivity contribution in [1.29, 1.82) is 5.26 Å². The number of nitrogens with one attached hydrogen (secondary N) is 1. The van der Waals surface area contributed by atoms with Gasteiger partial charge < -0.3 is 15.2 Å². The third-order valence-corrected chi connectivity index (χ3v) is 3.78. The van der Waals surface area contributed by atoms with Crippen LogP contribution < -0.4 is 10.1 Å². The van der Waals surface area contributed by atoms with E-state index in [1.807, 2.05) is 18.2 Å². The summed E-state index contributed by atoms with van der Waals surface area (Å²) in [5.74, 6) is 0.877. The summed E-state index contributed by atoms with van der Waals surface area (Å²) in [5, 5.41) is 20.8. The normalized spacial score (nSPS) is 19.3. The lowest BCUT2D eigenvalue weighted by molar-refractivity contribution is -0.121. The number of aliphatic hydroxyl groups is 1. The van der Waals surface area contributed by atoms with Crippen LogP contribution in [0.15, 0.2) is 36.4 Å². The molecule has 1 amide bonds. The lowest BCUT2D eigenvalue weighted by atomic mass is 10.1. The minimum absolute atomic E-state index is 0.0321.